The summed E-state index contributed by atoms with van der Waals surface area (Å²) in [6.07, 6.45) is 0. The van der Waals surface area contributed by atoms with Gasteiger partial charge in [-0.25, -0.2) is 0 Å². The highest BCUT2D eigenvalue weighted by Gasteiger charge is 2.28. The normalized spacial score (nSPS) is 10.9. The molecule has 0 amide bonds. The van der Waals surface area contributed by atoms with Gasteiger partial charge < -0.3 is 0 Å². The molecule has 0 atom stereocenters. The van der Waals surface area contributed by atoms with E-state index in [9.17, 15) is 19.2 Å². The fourth-order valence-corrected chi connectivity index (χ4v) is 3.61. The molecule has 0 heterocycles. The average molecular weight is 346 g/mol. The SMILES string of the molecule is CC(=O)c1c(C(C)=O)c(C(C)=O)c2cc3ccccc3cc2c1C(C)=O. The van der Waals surface area contributed by atoms with Crippen LogP contribution in [-0.2, 0) is 0 Å². The molecule has 0 aliphatic carbocycles. The Hall–Kier alpha value is -3.14. The molecule has 0 aliphatic heterocycles. The molecule has 26 heavy (non-hydrogen) atoms. The molecule has 0 N–H and O–H groups in total. The number of hydrogen-bond acceptors (Lipinski definition) is 4. The summed E-state index contributed by atoms with van der Waals surface area (Å²) in [7, 11) is 0. The largest absolute Gasteiger partial charge is 0.294 e. The zero-order valence-corrected chi connectivity index (χ0v) is 15.1. The van der Waals surface area contributed by atoms with Crippen LogP contribution in [0.2, 0.25) is 0 Å². The summed E-state index contributed by atoms with van der Waals surface area (Å²) >= 11 is 0. The van der Waals surface area contributed by atoms with Crippen LogP contribution >= 0.6 is 0 Å². The van der Waals surface area contributed by atoms with Gasteiger partial charge in [0.05, 0.1) is 0 Å². The van der Waals surface area contributed by atoms with Gasteiger partial charge in [-0.05, 0) is 61.4 Å². The third kappa shape index (κ3) is 2.64. The predicted molar refractivity (Wildman–Crippen MR) is 101 cm³/mol. The Morgan fingerprint density at radius 1 is 0.538 bits per heavy atom. The van der Waals surface area contributed by atoms with E-state index >= 15 is 0 Å². The highest BCUT2D eigenvalue weighted by molar-refractivity contribution is 6.28. The molecule has 3 rings (SSSR count). The standard InChI is InChI=1S/C22H18O4/c1-11(23)19-17-9-15-7-5-6-8-16(15)10-18(17)20(12(2)24)22(14(4)26)21(19)13(3)25/h5-10H,1-4H3. The van der Waals surface area contributed by atoms with Crippen LogP contribution in [0.3, 0.4) is 0 Å². The maximum Gasteiger partial charge on any atom is 0.161 e. The second-order valence-corrected chi connectivity index (χ2v) is 6.47. The van der Waals surface area contributed by atoms with Crippen molar-refractivity contribution in [3.05, 3.63) is 58.7 Å². The lowest BCUT2D eigenvalue weighted by molar-refractivity contribution is 0.0960. The van der Waals surface area contributed by atoms with E-state index < -0.39 is 11.6 Å². The van der Waals surface area contributed by atoms with Crippen LogP contribution in [0.1, 0.15) is 69.1 Å². The zero-order valence-electron chi connectivity index (χ0n) is 15.1. The number of fused-ring (bicyclic) bond motifs is 2. The van der Waals surface area contributed by atoms with Crippen LogP contribution in [0.15, 0.2) is 36.4 Å². The molecule has 3 aromatic carbocycles. The Labute approximate surface area is 150 Å². The van der Waals surface area contributed by atoms with Crippen LogP contribution in [0, 0.1) is 0 Å². The minimum Gasteiger partial charge on any atom is -0.294 e. The quantitative estimate of drug-likeness (QED) is 0.502. The summed E-state index contributed by atoms with van der Waals surface area (Å²) in [5.41, 5.74) is 0.484. The van der Waals surface area contributed by atoms with Gasteiger partial charge in [0.2, 0.25) is 0 Å². The molecular weight excluding hydrogens is 328 g/mol. The van der Waals surface area contributed by atoms with Crippen LogP contribution in [0.4, 0.5) is 0 Å². The Morgan fingerprint density at radius 3 is 1.12 bits per heavy atom. The molecule has 0 aromatic heterocycles. The average Bonchev–Trinajstić information content (AvgIpc) is 2.56. The highest BCUT2D eigenvalue weighted by Crippen LogP contribution is 2.35. The third-order valence-corrected chi connectivity index (χ3v) is 4.58. The Bertz CT molecular complexity index is 1050. The van der Waals surface area contributed by atoms with Crippen molar-refractivity contribution in [2.75, 3.05) is 0 Å². The molecule has 3 aromatic rings. The van der Waals surface area contributed by atoms with Crippen molar-refractivity contribution < 1.29 is 19.2 Å². The molecule has 0 saturated carbocycles. The summed E-state index contributed by atoms with van der Waals surface area (Å²) < 4.78 is 0. The number of ketones is 4. The van der Waals surface area contributed by atoms with E-state index in [4.69, 9.17) is 0 Å². The number of carbonyl (C=O) groups excluding carboxylic acids is 4. The number of hydrogen-bond donors (Lipinski definition) is 0. The summed E-state index contributed by atoms with van der Waals surface area (Å²) in [4.78, 5) is 49.6. The molecule has 4 nitrogen and oxygen atoms in total. The molecule has 0 unspecified atom stereocenters. The maximum absolute atomic E-state index is 12.4. The smallest absolute Gasteiger partial charge is 0.161 e. The molecule has 0 fully saturated rings. The minimum atomic E-state index is -0.405. The molecular formula is C22H18O4. The first-order chi connectivity index (χ1) is 12.2. The lowest BCUT2D eigenvalue weighted by Crippen LogP contribution is -2.17. The summed E-state index contributed by atoms with van der Waals surface area (Å²) in [6, 6.07) is 11.2. The van der Waals surface area contributed by atoms with Crippen LogP contribution < -0.4 is 0 Å². The molecule has 0 spiro atoms. The summed E-state index contributed by atoms with van der Waals surface area (Å²) in [6.45, 7) is 5.36. The van der Waals surface area contributed by atoms with E-state index in [1.165, 1.54) is 27.7 Å². The van der Waals surface area contributed by atoms with Crippen molar-refractivity contribution in [3.63, 3.8) is 0 Å². The van der Waals surface area contributed by atoms with Gasteiger partial charge in [-0.15, -0.1) is 0 Å². The van der Waals surface area contributed by atoms with Crippen molar-refractivity contribution in [1.82, 2.24) is 0 Å². The van der Waals surface area contributed by atoms with Crippen molar-refractivity contribution in [1.29, 1.82) is 0 Å². The van der Waals surface area contributed by atoms with Gasteiger partial charge in [-0.1, -0.05) is 24.3 Å². The fraction of sp³-hybridized carbons (Fsp3) is 0.182. The van der Waals surface area contributed by atoms with Crippen molar-refractivity contribution in [3.8, 4) is 0 Å². The van der Waals surface area contributed by atoms with Crippen LogP contribution in [0.5, 0.6) is 0 Å². The maximum atomic E-state index is 12.4. The predicted octanol–water partition coefficient (Wildman–Crippen LogP) is 4.80. The van der Waals surface area contributed by atoms with Gasteiger partial charge in [-0.2, -0.15) is 0 Å². The van der Waals surface area contributed by atoms with E-state index in [0.29, 0.717) is 10.8 Å². The third-order valence-electron chi connectivity index (χ3n) is 4.58. The first-order valence-corrected chi connectivity index (χ1v) is 8.30. The molecule has 0 aliphatic rings. The lowest BCUT2D eigenvalue weighted by atomic mass is 9.82. The van der Waals surface area contributed by atoms with E-state index in [1.807, 2.05) is 36.4 Å². The number of Topliss-reactive ketones (excluding diaryl/α,β-unsaturated/α-hetero) is 4. The van der Waals surface area contributed by atoms with Crippen molar-refractivity contribution >= 4 is 44.7 Å². The lowest BCUT2D eigenvalue weighted by Gasteiger charge is -2.18. The highest BCUT2D eigenvalue weighted by atomic mass is 16.1. The van der Waals surface area contributed by atoms with E-state index in [1.54, 1.807) is 0 Å². The van der Waals surface area contributed by atoms with E-state index in [2.05, 4.69) is 0 Å². The van der Waals surface area contributed by atoms with E-state index in [0.717, 1.165) is 10.8 Å². The van der Waals surface area contributed by atoms with Gasteiger partial charge in [0.1, 0.15) is 0 Å². The minimum absolute atomic E-state index is 0.0398. The first kappa shape index (κ1) is 17.7. The Balaban J connectivity index is 2.74. The Morgan fingerprint density at radius 2 is 0.846 bits per heavy atom. The summed E-state index contributed by atoms with van der Waals surface area (Å²) in [5.74, 6) is -1.43. The van der Waals surface area contributed by atoms with Crippen molar-refractivity contribution in [2.24, 2.45) is 0 Å². The molecule has 4 heteroatoms. The van der Waals surface area contributed by atoms with Gasteiger partial charge in [0, 0.05) is 22.3 Å². The van der Waals surface area contributed by atoms with Gasteiger partial charge in [-0.3, -0.25) is 19.2 Å². The second-order valence-electron chi connectivity index (χ2n) is 6.47. The van der Waals surface area contributed by atoms with E-state index in [-0.39, 0.29) is 33.8 Å². The number of benzene rings is 3. The molecule has 0 bridgehead atoms. The second kappa shape index (κ2) is 6.30. The Kier molecular flexibility index (Phi) is 4.28. The monoisotopic (exact) mass is 346 g/mol. The number of carbonyl (C=O) groups is 4. The summed E-state index contributed by atoms with van der Waals surface area (Å²) in [5, 5.41) is 2.83. The molecule has 0 saturated heterocycles. The van der Waals surface area contributed by atoms with Gasteiger partial charge in [0.25, 0.3) is 0 Å². The zero-order chi connectivity index (χ0) is 19.2. The fourth-order valence-electron chi connectivity index (χ4n) is 3.61. The molecule has 0 radical (unpaired) electrons. The number of rotatable bonds is 4. The topological polar surface area (TPSA) is 68.3 Å². The van der Waals surface area contributed by atoms with Crippen LogP contribution in [0.25, 0.3) is 21.5 Å². The van der Waals surface area contributed by atoms with Crippen LogP contribution in [-0.4, -0.2) is 23.1 Å². The molecule has 130 valence electrons. The van der Waals surface area contributed by atoms with Gasteiger partial charge >= 0.3 is 0 Å². The van der Waals surface area contributed by atoms with Gasteiger partial charge in [0.15, 0.2) is 23.1 Å². The first-order valence-electron chi connectivity index (χ1n) is 8.30. The van der Waals surface area contributed by atoms with Crippen molar-refractivity contribution in [2.45, 2.75) is 27.7 Å².